The van der Waals surface area contributed by atoms with Crippen LogP contribution in [-0.4, -0.2) is 15.0 Å². The number of furan rings is 1. The fraction of sp³-hybridized carbons (Fsp3) is 0. The van der Waals surface area contributed by atoms with E-state index in [1.54, 1.807) is 0 Å². The Bertz CT molecular complexity index is 3240. The lowest BCUT2D eigenvalue weighted by Gasteiger charge is -2.12. The van der Waals surface area contributed by atoms with Crippen LogP contribution in [0.2, 0.25) is 0 Å². The molecule has 56 heavy (non-hydrogen) atoms. The van der Waals surface area contributed by atoms with Crippen LogP contribution in [0.4, 0.5) is 0 Å². The summed E-state index contributed by atoms with van der Waals surface area (Å²) in [6, 6.07) is 65.7. The number of para-hydroxylation sites is 1. The van der Waals surface area contributed by atoms with Crippen LogP contribution in [0.25, 0.3) is 110 Å². The zero-order valence-corrected chi connectivity index (χ0v) is 30.9. The second-order valence-electron chi connectivity index (χ2n) is 14.0. The molecular weight excluding hydrogens is 703 g/mol. The predicted molar refractivity (Wildman–Crippen MR) is 233 cm³/mol. The smallest absolute Gasteiger partial charge is 0.164 e. The van der Waals surface area contributed by atoms with E-state index in [1.165, 1.54) is 25.7 Å². The minimum atomic E-state index is 0.589. The Hall–Kier alpha value is -7.21. The molecule has 0 N–H and O–H groups in total. The summed E-state index contributed by atoms with van der Waals surface area (Å²) in [5.41, 5.74) is 11.1. The van der Waals surface area contributed by atoms with E-state index >= 15 is 0 Å². The first-order valence-corrected chi connectivity index (χ1v) is 19.5. The standard InChI is InChI=1S/C51H31N3OS/c1-3-12-32(13-4-1)33-22-24-35(25-23-33)50-52-49(34-14-5-2-6-15-34)53-51(54-50)43-29-39(30-45-48(43)42-19-7-9-20-44(42)55-45)37-17-11-16-36(28-37)38-26-27-41-40-18-8-10-21-46(40)56-47(41)31-38/h1-31H. The van der Waals surface area contributed by atoms with E-state index in [4.69, 9.17) is 19.4 Å². The first-order valence-electron chi connectivity index (χ1n) is 18.7. The van der Waals surface area contributed by atoms with Crippen LogP contribution in [0.1, 0.15) is 0 Å². The van der Waals surface area contributed by atoms with Crippen molar-refractivity contribution in [3.05, 3.63) is 188 Å². The van der Waals surface area contributed by atoms with Gasteiger partial charge in [-0.25, -0.2) is 15.0 Å². The zero-order valence-electron chi connectivity index (χ0n) is 30.1. The van der Waals surface area contributed by atoms with Crippen LogP contribution < -0.4 is 0 Å². The summed E-state index contributed by atoms with van der Waals surface area (Å²) in [6.45, 7) is 0. The number of hydrogen-bond acceptors (Lipinski definition) is 5. The van der Waals surface area contributed by atoms with Crippen molar-refractivity contribution in [3.8, 4) is 67.5 Å². The Kier molecular flexibility index (Phi) is 7.64. The quantitative estimate of drug-likeness (QED) is 0.171. The number of benzene rings is 8. The van der Waals surface area contributed by atoms with Crippen LogP contribution in [0.5, 0.6) is 0 Å². The summed E-state index contributed by atoms with van der Waals surface area (Å²) in [5.74, 6) is 1.81. The average Bonchev–Trinajstić information content (AvgIpc) is 3.85. The minimum Gasteiger partial charge on any atom is -0.456 e. The molecular formula is C51H31N3OS. The summed E-state index contributed by atoms with van der Waals surface area (Å²) >= 11 is 1.84. The number of hydrogen-bond donors (Lipinski definition) is 0. The van der Waals surface area contributed by atoms with Crippen molar-refractivity contribution in [3.63, 3.8) is 0 Å². The summed E-state index contributed by atoms with van der Waals surface area (Å²) in [7, 11) is 0. The number of aromatic nitrogens is 3. The van der Waals surface area contributed by atoms with E-state index in [9.17, 15) is 0 Å². The maximum atomic E-state index is 6.58. The first-order chi connectivity index (χ1) is 27.7. The molecule has 0 aliphatic rings. The van der Waals surface area contributed by atoms with Gasteiger partial charge in [0.2, 0.25) is 0 Å². The van der Waals surface area contributed by atoms with Gasteiger partial charge < -0.3 is 4.42 Å². The summed E-state index contributed by atoms with van der Waals surface area (Å²) in [5, 5.41) is 4.60. The molecule has 0 radical (unpaired) electrons. The molecule has 0 spiro atoms. The van der Waals surface area contributed by atoms with Crippen molar-refractivity contribution in [2.24, 2.45) is 0 Å². The van der Waals surface area contributed by atoms with Crippen molar-refractivity contribution < 1.29 is 4.42 Å². The molecule has 0 aliphatic carbocycles. The van der Waals surface area contributed by atoms with E-state index in [0.717, 1.165) is 66.4 Å². The highest BCUT2D eigenvalue weighted by atomic mass is 32.1. The number of thiophene rings is 1. The molecule has 5 heteroatoms. The molecule has 3 heterocycles. The molecule has 262 valence electrons. The van der Waals surface area contributed by atoms with Crippen LogP contribution in [0.15, 0.2) is 192 Å². The van der Waals surface area contributed by atoms with Crippen molar-refractivity contribution in [1.82, 2.24) is 15.0 Å². The molecule has 11 rings (SSSR count). The van der Waals surface area contributed by atoms with Crippen LogP contribution in [-0.2, 0) is 0 Å². The SMILES string of the molecule is c1ccc(-c2ccc(-c3nc(-c4ccccc4)nc(-c4cc(-c5cccc(-c6ccc7c(c6)sc6ccccc67)c5)cc5oc6ccccc6c45)n3)cc2)cc1. The minimum absolute atomic E-state index is 0.589. The van der Waals surface area contributed by atoms with E-state index < -0.39 is 0 Å². The summed E-state index contributed by atoms with van der Waals surface area (Å²) in [4.78, 5) is 15.5. The van der Waals surface area contributed by atoms with Gasteiger partial charge in [0, 0.05) is 47.6 Å². The highest BCUT2D eigenvalue weighted by Crippen LogP contribution is 2.41. The van der Waals surface area contributed by atoms with E-state index in [-0.39, 0.29) is 0 Å². The van der Waals surface area contributed by atoms with Gasteiger partial charge in [0.15, 0.2) is 17.5 Å². The number of rotatable bonds is 6. The van der Waals surface area contributed by atoms with Crippen molar-refractivity contribution in [2.45, 2.75) is 0 Å². The second kappa shape index (κ2) is 13.3. The fourth-order valence-electron chi connectivity index (χ4n) is 7.77. The fourth-order valence-corrected chi connectivity index (χ4v) is 8.91. The topological polar surface area (TPSA) is 51.8 Å². The molecule has 8 aromatic carbocycles. The third-order valence-electron chi connectivity index (χ3n) is 10.5. The highest BCUT2D eigenvalue weighted by Gasteiger charge is 2.20. The summed E-state index contributed by atoms with van der Waals surface area (Å²) in [6.07, 6.45) is 0. The van der Waals surface area contributed by atoms with Crippen LogP contribution in [0.3, 0.4) is 0 Å². The van der Waals surface area contributed by atoms with Crippen molar-refractivity contribution >= 4 is 53.4 Å². The second-order valence-corrected chi connectivity index (χ2v) is 15.1. The number of fused-ring (bicyclic) bond motifs is 6. The molecule has 4 nitrogen and oxygen atoms in total. The average molecular weight is 734 g/mol. The lowest BCUT2D eigenvalue weighted by molar-refractivity contribution is 0.669. The first kappa shape index (κ1) is 32.2. The Morgan fingerprint density at radius 3 is 1.64 bits per heavy atom. The maximum absolute atomic E-state index is 6.58. The van der Waals surface area contributed by atoms with E-state index in [0.29, 0.717) is 17.5 Å². The summed E-state index contributed by atoms with van der Waals surface area (Å²) < 4.78 is 9.18. The van der Waals surface area contributed by atoms with Gasteiger partial charge in [0.05, 0.1) is 0 Å². The highest BCUT2D eigenvalue weighted by molar-refractivity contribution is 7.25. The molecule has 0 unspecified atom stereocenters. The van der Waals surface area contributed by atoms with Gasteiger partial charge in [-0.1, -0.05) is 152 Å². The molecule has 0 atom stereocenters. The Morgan fingerprint density at radius 2 is 0.857 bits per heavy atom. The van der Waals surface area contributed by atoms with Gasteiger partial charge in [0.25, 0.3) is 0 Å². The molecule has 0 fully saturated rings. The van der Waals surface area contributed by atoms with Gasteiger partial charge >= 0.3 is 0 Å². The van der Waals surface area contributed by atoms with Crippen LogP contribution >= 0.6 is 11.3 Å². The van der Waals surface area contributed by atoms with Crippen molar-refractivity contribution in [2.75, 3.05) is 0 Å². The third kappa shape index (κ3) is 5.65. The molecule has 0 aliphatic heterocycles. The maximum Gasteiger partial charge on any atom is 0.164 e. The molecule has 0 saturated heterocycles. The zero-order chi connectivity index (χ0) is 37.0. The van der Waals surface area contributed by atoms with Crippen molar-refractivity contribution in [1.29, 1.82) is 0 Å². The van der Waals surface area contributed by atoms with E-state index in [1.807, 2.05) is 65.9 Å². The van der Waals surface area contributed by atoms with Gasteiger partial charge in [-0.3, -0.25) is 0 Å². The molecule has 0 saturated carbocycles. The molecule has 0 bridgehead atoms. The number of nitrogens with zero attached hydrogens (tertiary/aromatic N) is 3. The van der Waals surface area contributed by atoms with Gasteiger partial charge in [0.1, 0.15) is 11.2 Å². The Morgan fingerprint density at radius 1 is 0.321 bits per heavy atom. The van der Waals surface area contributed by atoms with Gasteiger partial charge in [-0.15, -0.1) is 11.3 Å². The van der Waals surface area contributed by atoms with Crippen LogP contribution in [0, 0.1) is 0 Å². The lowest BCUT2D eigenvalue weighted by Crippen LogP contribution is -2.00. The lowest BCUT2D eigenvalue weighted by atomic mass is 9.95. The largest absolute Gasteiger partial charge is 0.456 e. The third-order valence-corrected chi connectivity index (χ3v) is 11.7. The van der Waals surface area contributed by atoms with E-state index in [2.05, 4.69) is 133 Å². The van der Waals surface area contributed by atoms with Gasteiger partial charge in [-0.2, -0.15) is 0 Å². The molecule has 3 aromatic heterocycles. The monoisotopic (exact) mass is 733 g/mol. The normalized spacial score (nSPS) is 11.6. The van der Waals surface area contributed by atoms with Gasteiger partial charge in [-0.05, 0) is 69.8 Å². The predicted octanol–water partition coefficient (Wildman–Crippen LogP) is 14.1. The molecule has 11 aromatic rings. The molecule has 0 amide bonds. The Balaban J connectivity index is 1.08. The Labute approximate surface area is 327 Å².